The van der Waals surface area contributed by atoms with Crippen LogP contribution in [0.3, 0.4) is 0 Å². The molecule has 6 nitrogen and oxygen atoms in total. The first kappa shape index (κ1) is 15.9. The van der Waals surface area contributed by atoms with Crippen LogP contribution in [0.4, 0.5) is 0 Å². The van der Waals surface area contributed by atoms with Crippen molar-refractivity contribution in [3.63, 3.8) is 0 Å². The fraction of sp³-hybridized carbons (Fsp3) is 0.250. The number of sulfonamides is 1. The molecule has 0 amide bonds. The molecule has 1 aromatic carbocycles. The summed E-state index contributed by atoms with van der Waals surface area (Å²) in [6.45, 7) is 1.74. The molecule has 0 aliphatic rings. The number of rotatable bonds is 4. The summed E-state index contributed by atoms with van der Waals surface area (Å²) >= 11 is 6.79. The second-order valence-corrected chi connectivity index (χ2v) is 6.82. The topological polar surface area (TPSA) is 81.5 Å². The summed E-state index contributed by atoms with van der Waals surface area (Å²) in [7, 11) is -2.55. The number of benzene rings is 1. The van der Waals surface area contributed by atoms with Gasteiger partial charge in [-0.2, -0.15) is 12.8 Å². The molecule has 2 rings (SSSR count). The monoisotopic (exact) mass is 345 g/mol. The Morgan fingerprint density at radius 3 is 2.76 bits per heavy atom. The van der Waals surface area contributed by atoms with Crippen LogP contribution in [0.15, 0.2) is 33.0 Å². The van der Waals surface area contributed by atoms with E-state index < -0.39 is 10.0 Å². The molecular formula is C12H12ClN3O3S2. The molecule has 0 unspecified atom stereocenters. The highest BCUT2D eigenvalue weighted by Crippen LogP contribution is 2.27. The van der Waals surface area contributed by atoms with Gasteiger partial charge >= 0.3 is 10.0 Å². The third kappa shape index (κ3) is 3.58. The fourth-order valence-electron chi connectivity index (χ4n) is 1.49. The van der Waals surface area contributed by atoms with Gasteiger partial charge in [-0.05, 0) is 12.1 Å². The van der Waals surface area contributed by atoms with Crippen LogP contribution in [0, 0.1) is 0 Å². The normalized spacial score (nSPS) is 12.4. The third-order valence-corrected chi connectivity index (χ3v) is 5.18. The van der Waals surface area contributed by atoms with Gasteiger partial charge in [0.15, 0.2) is 11.7 Å². The summed E-state index contributed by atoms with van der Waals surface area (Å²) < 4.78 is 36.5. The van der Waals surface area contributed by atoms with E-state index in [0.717, 1.165) is 11.5 Å². The van der Waals surface area contributed by atoms with Crippen molar-refractivity contribution in [2.24, 2.45) is 4.40 Å². The molecule has 9 heteroatoms. The van der Waals surface area contributed by atoms with Crippen LogP contribution >= 0.6 is 23.1 Å². The molecular weight excluding hydrogens is 334 g/mol. The molecule has 21 heavy (non-hydrogen) atoms. The van der Waals surface area contributed by atoms with E-state index in [2.05, 4.69) is 13.8 Å². The van der Waals surface area contributed by atoms with Gasteiger partial charge < -0.3 is 4.74 Å². The van der Waals surface area contributed by atoms with Gasteiger partial charge in [-0.1, -0.05) is 30.7 Å². The van der Waals surface area contributed by atoms with Crippen molar-refractivity contribution in [1.82, 2.24) is 9.36 Å². The van der Waals surface area contributed by atoms with E-state index in [0.29, 0.717) is 17.0 Å². The largest absolute Gasteiger partial charge is 0.484 e. The van der Waals surface area contributed by atoms with Crippen molar-refractivity contribution in [1.29, 1.82) is 0 Å². The zero-order valence-corrected chi connectivity index (χ0v) is 13.7. The second-order valence-electron chi connectivity index (χ2n) is 3.88. The Balaban J connectivity index is 2.41. The van der Waals surface area contributed by atoms with Crippen LogP contribution < -0.4 is 0 Å². The highest BCUT2D eigenvalue weighted by molar-refractivity contribution is 7.92. The molecule has 0 atom stereocenters. The summed E-state index contributed by atoms with van der Waals surface area (Å²) in [5.74, 6) is 0.374. The molecule has 0 spiro atoms. The smallest absolute Gasteiger partial charge is 0.314 e. The van der Waals surface area contributed by atoms with Gasteiger partial charge in [-0.25, -0.2) is 4.98 Å². The summed E-state index contributed by atoms with van der Waals surface area (Å²) in [6.07, 6.45) is 0.367. The Morgan fingerprint density at radius 2 is 2.14 bits per heavy atom. The van der Waals surface area contributed by atoms with E-state index in [1.807, 2.05) is 0 Å². The molecule has 0 aliphatic heterocycles. The first-order valence-corrected chi connectivity index (χ1v) is 8.53. The molecule has 0 bridgehead atoms. The third-order valence-electron chi connectivity index (χ3n) is 2.50. The van der Waals surface area contributed by atoms with Crippen molar-refractivity contribution in [2.45, 2.75) is 17.7 Å². The van der Waals surface area contributed by atoms with Crippen molar-refractivity contribution in [2.75, 3.05) is 7.11 Å². The van der Waals surface area contributed by atoms with Crippen LogP contribution in [0.25, 0.3) is 11.4 Å². The molecule has 0 radical (unpaired) electrons. The lowest BCUT2D eigenvalue weighted by molar-refractivity contribution is 0.393. The molecule has 0 N–H and O–H groups in total. The number of ether oxygens (including phenoxy) is 1. The van der Waals surface area contributed by atoms with Gasteiger partial charge in [0.1, 0.15) is 0 Å². The first-order chi connectivity index (χ1) is 9.97. The number of hydrogen-bond donors (Lipinski definition) is 0. The summed E-state index contributed by atoms with van der Waals surface area (Å²) in [6, 6.07) is 6.95. The van der Waals surface area contributed by atoms with Crippen LogP contribution in [0.2, 0.25) is 5.02 Å². The Kier molecular flexibility index (Phi) is 4.92. The van der Waals surface area contributed by atoms with Gasteiger partial charge in [-0.3, -0.25) is 0 Å². The van der Waals surface area contributed by atoms with Crippen LogP contribution in [-0.2, 0) is 14.8 Å². The maximum Gasteiger partial charge on any atom is 0.314 e. The molecule has 112 valence electrons. The number of hydrogen-bond acceptors (Lipinski definition) is 6. The number of methoxy groups -OCH3 is 1. The Labute approximate surface area is 131 Å². The van der Waals surface area contributed by atoms with Gasteiger partial charge in [-0.15, -0.1) is 4.40 Å². The summed E-state index contributed by atoms with van der Waals surface area (Å²) in [5.41, 5.74) is 0.573. The van der Waals surface area contributed by atoms with Gasteiger partial charge in [0.25, 0.3) is 4.34 Å². The number of halogens is 1. The summed E-state index contributed by atoms with van der Waals surface area (Å²) in [4.78, 5) is 4.01. The first-order valence-electron chi connectivity index (χ1n) is 5.94. The van der Waals surface area contributed by atoms with Crippen molar-refractivity contribution in [3.05, 3.63) is 29.3 Å². The highest BCUT2D eigenvalue weighted by atomic mass is 35.5. The zero-order valence-electron chi connectivity index (χ0n) is 11.3. The molecule has 0 aliphatic carbocycles. The predicted molar refractivity (Wildman–Crippen MR) is 82.3 cm³/mol. The minimum Gasteiger partial charge on any atom is -0.484 e. The van der Waals surface area contributed by atoms with Crippen molar-refractivity contribution >= 4 is 39.1 Å². The lowest BCUT2D eigenvalue weighted by Gasteiger charge is -2.00. The van der Waals surface area contributed by atoms with Gasteiger partial charge in [0.05, 0.1) is 12.1 Å². The zero-order chi connectivity index (χ0) is 15.5. The average molecular weight is 346 g/mol. The summed E-state index contributed by atoms with van der Waals surface area (Å²) in [5, 5.41) is 0.453. The van der Waals surface area contributed by atoms with E-state index in [1.54, 1.807) is 31.2 Å². The SMILES string of the molecule is CCC(=NS(=O)(=O)c1nc(-c2ccccc2Cl)ns1)OC. The van der Waals surface area contributed by atoms with Crippen LogP contribution in [0.5, 0.6) is 0 Å². The van der Waals surface area contributed by atoms with Gasteiger partial charge in [0, 0.05) is 23.5 Å². The standard InChI is InChI=1S/C12H12ClN3O3S2/c1-3-10(19-2)16-21(17,18)12-14-11(15-20-12)8-6-4-5-7-9(8)13/h4-7H,3H2,1-2H3. The Bertz CT molecular complexity index is 766. The predicted octanol–water partition coefficient (Wildman–Crippen LogP) is 3.00. The molecule has 1 aromatic heterocycles. The number of aromatic nitrogens is 2. The van der Waals surface area contributed by atoms with Crippen molar-refractivity contribution < 1.29 is 13.2 Å². The number of nitrogens with zero attached hydrogens (tertiary/aromatic N) is 3. The van der Waals surface area contributed by atoms with Crippen LogP contribution in [-0.4, -0.2) is 30.8 Å². The molecule has 0 fully saturated rings. The molecule has 0 saturated heterocycles. The maximum atomic E-state index is 12.1. The Hall–Kier alpha value is -1.51. The average Bonchev–Trinajstić information content (AvgIpc) is 2.95. The lowest BCUT2D eigenvalue weighted by atomic mass is 10.2. The van der Waals surface area contributed by atoms with E-state index in [-0.39, 0.29) is 16.1 Å². The minimum atomic E-state index is -3.92. The van der Waals surface area contributed by atoms with E-state index in [9.17, 15) is 8.42 Å². The second kappa shape index (κ2) is 6.50. The van der Waals surface area contributed by atoms with E-state index in [1.165, 1.54) is 7.11 Å². The van der Waals surface area contributed by atoms with E-state index >= 15 is 0 Å². The van der Waals surface area contributed by atoms with Crippen LogP contribution in [0.1, 0.15) is 13.3 Å². The van der Waals surface area contributed by atoms with Crippen molar-refractivity contribution in [3.8, 4) is 11.4 Å². The molecule has 2 aromatic rings. The fourth-order valence-corrected chi connectivity index (χ4v) is 3.49. The molecule has 1 heterocycles. The van der Waals surface area contributed by atoms with E-state index in [4.69, 9.17) is 16.3 Å². The Morgan fingerprint density at radius 1 is 1.43 bits per heavy atom. The molecule has 0 saturated carbocycles. The minimum absolute atomic E-state index is 0.115. The highest BCUT2D eigenvalue weighted by Gasteiger charge is 2.21. The van der Waals surface area contributed by atoms with Gasteiger partial charge in [0.2, 0.25) is 0 Å². The maximum absolute atomic E-state index is 12.1. The quantitative estimate of drug-likeness (QED) is 0.628. The lowest BCUT2D eigenvalue weighted by Crippen LogP contribution is -2.05.